The quantitative estimate of drug-likeness (QED) is 0.421. The molecule has 5 nitrogen and oxygen atoms in total. The normalized spacial score (nSPS) is 9.83. The molecule has 1 unspecified atom stereocenters. The fourth-order valence-corrected chi connectivity index (χ4v) is 0.540. The average molecular weight is 230 g/mol. The minimum Gasteiger partial charge on any atom is -1.00 e. The second-order valence-electron chi connectivity index (χ2n) is 1.94. The Hall–Kier alpha value is 0.869. The summed E-state index contributed by atoms with van der Waals surface area (Å²) in [5.74, 6) is -0.865. The topological polar surface area (TPSA) is 121 Å². The molecular weight excluding hydrogens is 215 g/mol. The number of carboxylic acids is 1. The molecule has 0 amide bonds. The van der Waals surface area contributed by atoms with Gasteiger partial charge in [-0.05, 0) is 13.0 Å². The van der Waals surface area contributed by atoms with Gasteiger partial charge in [0, 0.05) is 23.1 Å². The molecule has 0 radical (unpaired) electrons. The smallest absolute Gasteiger partial charge is 1.00 e. The Balaban J connectivity index is -0.0000000533. The van der Waals surface area contributed by atoms with Gasteiger partial charge in [-0.3, -0.25) is 4.79 Å². The molecule has 12 heavy (non-hydrogen) atoms. The Labute approximate surface area is 106 Å². The number of hydrogen-bond donors (Lipinski definition) is 3. The maximum absolute atomic E-state index is 9.96. The summed E-state index contributed by atoms with van der Waals surface area (Å²) in [5.41, 5.74) is 10.5. The molecule has 1 atom stereocenters. The molecule has 0 bridgehead atoms. The van der Waals surface area contributed by atoms with E-state index >= 15 is 0 Å². The third kappa shape index (κ3) is 17.1. The molecule has 0 saturated heterocycles. The molecule has 7 N–H and O–H groups in total. The molecule has 0 fully saturated rings. The summed E-state index contributed by atoms with van der Waals surface area (Å²) in [6.45, 7) is 0.453. The van der Waals surface area contributed by atoms with E-state index in [9.17, 15) is 4.79 Å². The van der Waals surface area contributed by atoms with E-state index < -0.39 is 5.97 Å². The third-order valence-electron chi connectivity index (χ3n) is 0.974. The molecule has 0 aromatic rings. The minimum atomic E-state index is -0.865. The first-order valence-corrected chi connectivity index (χ1v) is 2.84. The Morgan fingerprint density at radius 3 is 2.25 bits per heavy atom. The van der Waals surface area contributed by atoms with Crippen LogP contribution in [0.5, 0.6) is 0 Å². The van der Waals surface area contributed by atoms with Crippen LogP contribution in [-0.4, -0.2) is 29.1 Å². The zero-order valence-corrected chi connectivity index (χ0v) is 10.2. The second kappa shape index (κ2) is 14.4. The summed E-state index contributed by atoms with van der Waals surface area (Å²) in [5, 5.41) is 8.19. The molecule has 0 heterocycles. The molecule has 0 aliphatic rings. The van der Waals surface area contributed by atoms with Gasteiger partial charge in [-0.2, -0.15) is 0 Å². The van der Waals surface area contributed by atoms with Gasteiger partial charge in [0.25, 0.3) is 0 Å². The van der Waals surface area contributed by atoms with Crippen molar-refractivity contribution in [3.05, 3.63) is 0 Å². The van der Waals surface area contributed by atoms with Crippen LogP contribution in [0.4, 0.5) is 0 Å². The van der Waals surface area contributed by atoms with Crippen LogP contribution >= 0.6 is 0 Å². The summed E-state index contributed by atoms with van der Waals surface area (Å²) in [6.07, 6.45) is 0.587. The van der Waals surface area contributed by atoms with Gasteiger partial charge in [-0.15, -0.1) is 0 Å². The van der Waals surface area contributed by atoms with Crippen molar-refractivity contribution in [2.24, 2.45) is 11.5 Å². The van der Waals surface area contributed by atoms with Gasteiger partial charge in [0.05, 0.1) is 6.42 Å². The molecule has 0 aromatic carbocycles. The van der Waals surface area contributed by atoms with Crippen LogP contribution in [0, 0.1) is 0 Å². The van der Waals surface area contributed by atoms with E-state index in [1.165, 1.54) is 0 Å². The second-order valence-corrected chi connectivity index (χ2v) is 1.94. The van der Waals surface area contributed by atoms with E-state index in [1.54, 1.807) is 0 Å². The van der Waals surface area contributed by atoms with Crippen LogP contribution in [0.25, 0.3) is 0 Å². The van der Waals surface area contributed by atoms with Crippen molar-refractivity contribution in [3.63, 3.8) is 0 Å². The predicted molar refractivity (Wildman–Crippen MR) is 38.6 cm³/mol. The molecule has 7 heteroatoms. The number of nitrogens with two attached hydrogens (primary N) is 2. The first kappa shape index (κ1) is 23.0. The summed E-state index contributed by atoms with van der Waals surface area (Å²) < 4.78 is 0. The molecule has 0 spiro atoms. The third-order valence-corrected chi connectivity index (χ3v) is 0.974. The van der Waals surface area contributed by atoms with E-state index in [4.69, 9.17) is 16.6 Å². The largest absolute Gasteiger partial charge is 1.00 e. The average Bonchev–Trinajstić information content (AvgIpc) is 1.63. The molecule has 0 rings (SSSR count). The van der Waals surface area contributed by atoms with E-state index in [0.717, 1.165) is 0 Å². The first-order chi connectivity index (χ1) is 4.16. The van der Waals surface area contributed by atoms with Gasteiger partial charge in [0.2, 0.25) is 0 Å². The Morgan fingerprint density at radius 2 is 2.00 bits per heavy atom. The van der Waals surface area contributed by atoms with Crippen molar-refractivity contribution < 1.29 is 63.4 Å². The predicted octanol–water partition coefficient (Wildman–Crippen LogP) is -4.57. The van der Waals surface area contributed by atoms with Gasteiger partial charge in [-0.25, -0.2) is 0 Å². The number of rotatable bonds is 4. The molecule has 0 aromatic heterocycles. The van der Waals surface area contributed by atoms with Crippen LogP contribution in [0.15, 0.2) is 0 Å². The zero-order chi connectivity index (χ0) is 7.28. The molecule has 0 aliphatic heterocycles. The van der Waals surface area contributed by atoms with E-state index in [-0.39, 0.29) is 66.0 Å². The standard InChI is InChI=1S/C5H12N2O2.Fe.Na.H2O.H/c6-2-1-4(7)3-5(8)9;;;;/h4H,1-3,6-7H2,(H,8,9);;;1H2;/q;;+1;;-1. The minimum absolute atomic E-state index is 0. The number of aliphatic carboxylic acids is 1. The SMILES string of the molecule is NCCC(N)CC(=O)O.O.[Fe].[H-].[Na+]. The van der Waals surface area contributed by atoms with Crippen molar-refractivity contribution in [2.75, 3.05) is 6.54 Å². The molecule has 0 aliphatic carbocycles. The fraction of sp³-hybridized carbons (Fsp3) is 0.800. The number of hydrogen-bond acceptors (Lipinski definition) is 3. The fourth-order valence-electron chi connectivity index (χ4n) is 0.540. The summed E-state index contributed by atoms with van der Waals surface area (Å²) >= 11 is 0. The summed E-state index contributed by atoms with van der Waals surface area (Å²) in [4.78, 5) is 9.96. The first-order valence-electron chi connectivity index (χ1n) is 2.84. The molecular formula is C5H15FeN2NaO3. The monoisotopic (exact) mass is 230 g/mol. The van der Waals surface area contributed by atoms with E-state index in [2.05, 4.69) is 0 Å². The Bertz CT molecular complexity index is 112. The maximum Gasteiger partial charge on any atom is 1.00 e. The van der Waals surface area contributed by atoms with Crippen LogP contribution in [0.3, 0.4) is 0 Å². The van der Waals surface area contributed by atoms with Crippen molar-refractivity contribution in [2.45, 2.75) is 18.9 Å². The molecule has 72 valence electrons. The van der Waals surface area contributed by atoms with Crippen LogP contribution in [0.2, 0.25) is 0 Å². The van der Waals surface area contributed by atoms with Crippen LogP contribution < -0.4 is 41.0 Å². The van der Waals surface area contributed by atoms with Gasteiger partial charge in [-0.1, -0.05) is 0 Å². The van der Waals surface area contributed by atoms with Gasteiger partial charge < -0.3 is 23.5 Å². The van der Waals surface area contributed by atoms with Gasteiger partial charge in [0.1, 0.15) is 0 Å². The Kier molecular flexibility index (Phi) is 27.7. The van der Waals surface area contributed by atoms with Gasteiger partial charge in [0.15, 0.2) is 0 Å². The molecule has 0 saturated carbocycles. The number of carbonyl (C=O) groups is 1. The summed E-state index contributed by atoms with van der Waals surface area (Å²) in [7, 11) is 0. The van der Waals surface area contributed by atoms with Crippen LogP contribution in [0.1, 0.15) is 14.3 Å². The van der Waals surface area contributed by atoms with Crippen molar-refractivity contribution in [1.82, 2.24) is 0 Å². The van der Waals surface area contributed by atoms with Crippen molar-refractivity contribution >= 4 is 5.97 Å². The summed E-state index contributed by atoms with van der Waals surface area (Å²) in [6, 6.07) is -0.285. The van der Waals surface area contributed by atoms with Crippen molar-refractivity contribution in [3.8, 4) is 0 Å². The van der Waals surface area contributed by atoms with Crippen LogP contribution in [-0.2, 0) is 21.9 Å². The van der Waals surface area contributed by atoms with E-state index in [1.807, 2.05) is 0 Å². The maximum atomic E-state index is 9.96. The number of carboxylic acid groups (broad SMARTS) is 1. The Morgan fingerprint density at radius 1 is 1.58 bits per heavy atom. The zero-order valence-electron chi connectivity index (χ0n) is 8.06. The van der Waals surface area contributed by atoms with Crippen molar-refractivity contribution in [1.29, 1.82) is 0 Å². The van der Waals surface area contributed by atoms with E-state index in [0.29, 0.717) is 13.0 Å². The van der Waals surface area contributed by atoms with Gasteiger partial charge >= 0.3 is 35.5 Å².